The summed E-state index contributed by atoms with van der Waals surface area (Å²) in [5.41, 5.74) is 3.01. The summed E-state index contributed by atoms with van der Waals surface area (Å²) >= 11 is 0. The molecule has 2 rings (SSSR count). The van der Waals surface area contributed by atoms with E-state index in [9.17, 15) is 4.79 Å². The van der Waals surface area contributed by atoms with E-state index >= 15 is 0 Å². The van der Waals surface area contributed by atoms with Gasteiger partial charge in [-0.1, -0.05) is 12.1 Å². The lowest BCUT2D eigenvalue weighted by Gasteiger charge is -2.24. The van der Waals surface area contributed by atoms with Gasteiger partial charge in [-0.3, -0.25) is 5.32 Å². The molecule has 16 heavy (non-hydrogen) atoms. The molecular formula is C13H17NO2. The highest BCUT2D eigenvalue weighted by atomic mass is 16.6. The van der Waals surface area contributed by atoms with E-state index in [1.807, 2.05) is 32.9 Å². The molecule has 1 amide bonds. The Morgan fingerprint density at radius 1 is 1.31 bits per heavy atom. The van der Waals surface area contributed by atoms with Crippen molar-refractivity contribution in [2.24, 2.45) is 0 Å². The SMILES string of the molecule is CC(C)(C)OC(=O)Nc1cccc2c1CC2. The first kappa shape index (κ1) is 11.0. The molecule has 3 nitrogen and oxygen atoms in total. The quantitative estimate of drug-likeness (QED) is 0.788. The van der Waals surface area contributed by atoms with E-state index in [2.05, 4.69) is 11.4 Å². The molecule has 1 N–H and O–H groups in total. The Labute approximate surface area is 95.8 Å². The van der Waals surface area contributed by atoms with E-state index in [0.29, 0.717) is 0 Å². The number of fused-ring (bicyclic) bond motifs is 1. The molecule has 0 spiro atoms. The van der Waals surface area contributed by atoms with Gasteiger partial charge in [-0.15, -0.1) is 0 Å². The van der Waals surface area contributed by atoms with Crippen molar-refractivity contribution in [3.05, 3.63) is 29.3 Å². The van der Waals surface area contributed by atoms with Crippen LogP contribution in [-0.2, 0) is 17.6 Å². The van der Waals surface area contributed by atoms with Gasteiger partial charge in [0, 0.05) is 5.69 Å². The van der Waals surface area contributed by atoms with E-state index in [0.717, 1.165) is 18.5 Å². The molecule has 0 heterocycles. The van der Waals surface area contributed by atoms with Gasteiger partial charge in [0.1, 0.15) is 5.60 Å². The smallest absolute Gasteiger partial charge is 0.412 e. The predicted octanol–water partition coefficient (Wildman–Crippen LogP) is 3.13. The first-order valence-corrected chi connectivity index (χ1v) is 5.56. The van der Waals surface area contributed by atoms with Gasteiger partial charge in [0.25, 0.3) is 0 Å². The maximum atomic E-state index is 11.6. The monoisotopic (exact) mass is 219 g/mol. The second-order valence-corrected chi connectivity index (χ2v) is 5.07. The Kier molecular flexibility index (Phi) is 2.62. The maximum absolute atomic E-state index is 11.6. The minimum Gasteiger partial charge on any atom is -0.444 e. The maximum Gasteiger partial charge on any atom is 0.412 e. The predicted molar refractivity (Wildman–Crippen MR) is 63.7 cm³/mol. The minimum absolute atomic E-state index is 0.382. The van der Waals surface area contributed by atoms with Crippen LogP contribution in [0.25, 0.3) is 0 Å². The lowest BCUT2D eigenvalue weighted by Crippen LogP contribution is -2.28. The molecule has 0 atom stereocenters. The molecular weight excluding hydrogens is 202 g/mol. The average molecular weight is 219 g/mol. The van der Waals surface area contributed by atoms with E-state index < -0.39 is 5.60 Å². The van der Waals surface area contributed by atoms with Gasteiger partial charge >= 0.3 is 6.09 Å². The van der Waals surface area contributed by atoms with Crippen LogP contribution < -0.4 is 5.32 Å². The van der Waals surface area contributed by atoms with Crippen LogP contribution in [0, 0.1) is 0 Å². The highest BCUT2D eigenvalue weighted by Crippen LogP contribution is 2.30. The van der Waals surface area contributed by atoms with E-state index in [4.69, 9.17) is 4.74 Å². The third-order valence-corrected chi connectivity index (χ3v) is 2.55. The fraction of sp³-hybridized carbons (Fsp3) is 0.462. The third-order valence-electron chi connectivity index (χ3n) is 2.55. The Balaban J connectivity index is 2.05. The molecule has 0 aromatic heterocycles. The van der Waals surface area contributed by atoms with Crippen LogP contribution in [0.1, 0.15) is 31.9 Å². The van der Waals surface area contributed by atoms with Crippen LogP contribution in [0.2, 0.25) is 0 Å². The van der Waals surface area contributed by atoms with Gasteiger partial charge in [0.15, 0.2) is 0 Å². The normalized spacial score (nSPS) is 13.7. The Bertz CT molecular complexity index is 418. The van der Waals surface area contributed by atoms with Crippen molar-refractivity contribution >= 4 is 11.8 Å². The topological polar surface area (TPSA) is 38.3 Å². The summed E-state index contributed by atoms with van der Waals surface area (Å²) in [5, 5.41) is 2.80. The first-order chi connectivity index (χ1) is 7.46. The van der Waals surface area contributed by atoms with Crippen LogP contribution in [0.3, 0.4) is 0 Å². The molecule has 1 aromatic carbocycles. The first-order valence-electron chi connectivity index (χ1n) is 5.56. The summed E-state index contributed by atoms with van der Waals surface area (Å²) in [5.74, 6) is 0. The zero-order valence-corrected chi connectivity index (χ0v) is 9.96. The van der Waals surface area contributed by atoms with E-state index in [-0.39, 0.29) is 6.09 Å². The van der Waals surface area contributed by atoms with Crippen LogP contribution in [0.4, 0.5) is 10.5 Å². The molecule has 0 unspecified atom stereocenters. The Hall–Kier alpha value is -1.51. The van der Waals surface area contributed by atoms with Crippen LogP contribution in [0.15, 0.2) is 18.2 Å². The van der Waals surface area contributed by atoms with Gasteiger partial charge in [-0.25, -0.2) is 4.79 Å². The summed E-state index contributed by atoms with van der Waals surface area (Å²) < 4.78 is 5.21. The highest BCUT2D eigenvalue weighted by molar-refractivity contribution is 5.86. The van der Waals surface area contributed by atoms with Gasteiger partial charge in [-0.05, 0) is 50.8 Å². The average Bonchev–Trinajstić information content (AvgIpc) is 2.04. The van der Waals surface area contributed by atoms with Crippen molar-refractivity contribution in [2.75, 3.05) is 5.32 Å². The fourth-order valence-electron chi connectivity index (χ4n) is 1.78. The fourth-order valence-corrected chi connectivity index (χ4v) is 1.78. The molecule has 86 valence electrons. The van der Waals surface area contributed by atoms with Crippen molar-refractivity contribution < 1.29 is 9.53 Å². The van der Waals surface area contributed by atoms with Crippen LogP contribution >= 0.6 is 0 Å². The van der Waals surface area contributed by atoms with E-state index in [1.165, 1.54) is 11.1 Å². The molecule has 0 saturated carbocycles. The zero-order chi connectivity index (χ0) is 11.8. The molecule has 1 aromatic rings. The lowest BCUT2D eigenvalue weighted by atomic mass is 9.87. The molecule has 0 radical (unpaired) electrons. The number of hydrogen-bond donors (Lipinski definition) is 1. The van der Waals surface area contributed by atoms with Crippen LogP contribution in [-0.4, -0.2) is 11.7 Å². The van der Waals surface area contributed by atoms with Gasteiger partial charge in [-0.2, -0.15) is 0 Å². The number of hydrogen-bond acceptors (Lipinski definition) is 2. The summed E-state index contributed by atoms with van der Waals surface area (Å²) in [7, 11) is 0. The molecule has 0 saturated heterocycles. The minimum atomic E-state index is -0.452. The van der Waals surface area contributed by atoms with Gasteiger partial charge in [0.05, 0.1) is 0 Å². The molecule has 1 aliphatic carbocycles. The summed E-state index contributed by atoms with van der Waals surface area (Å²) in [4.78, 5) is 11.6. The number of anilines is 1. The van der Waals surface area contributed by atoms with E-state index in [1.54, 1.807) is 0 Å². The Morgan fingerprint density at radius 2 is 2.06 bits per heavy atom. The molecule has 0 aliphatic heterocycles. The van der Waals surface area contributed by atoms with Crippen molar-refractivity contribution in [3.63, 3.8) is 0 Å². The summed E-state index contributed by atoms with van der Waals surface area (Å²) in [6.45, 7) is 5.57. The second kappa shape index (κ2) is 3.81. The standard InChI is InChI=1S/C13H17NO2/c1-13(2,3)16-12(15)14-11-6-4-5-9-7-8-10(9)11/h4-6H,7-8H2,1-3H3,(H,14,15). The molecule has 1 aliphatic rings. The Morgan fingerprint density at radius 3 is 2.62 bits per heavy atom. The number of benzene rings is 1. The number of carbonyl (C=O) groups is 1. The number of ether oxygens (including phenoxy) is 1. The number of amides is 1. The number of carbonyl (C=O) groups excluding carboxylic acids is 1. The largest absolute Gasteiger partial charge is 0.444 e. The number of nitrogens with one attached hydrogen (secondary N) is 1. The van der Waals surface area contributed by atoms with Gasteiger partial charge in [0.2, 0.25) is 0 Å². The third kappa shape index (κ3) is 2.35. The molecule has 0 bridgehead atoms. The number of aryl methyl sites for hydroxylation is 1. The van der Waals surface area contributed by atoms with Crippen molar-refractivity contribution in [2.45, 2.75) is 39.2 Å². The van der Waals surface area contributed by atoms with Crippen LogP contribution in [0.5, 0.6) is 0 Å². The lowest BCUT2D eigenvalue weighted by molar-refractivity contribution is 0.0635. The zero-order valence-electron chi connectivity index (χ0n) is 9.96. The molecule has 3 heteroatoms. The summed E-state index contributed by atoms with van der Waals surface area (Å²) in [6, 6.07) is 5.98. The summed E-state index contributed by atoms with van der Waals surface area (Å²) in [6.07, 6.45) is 1.77. The van der Waals surface area contributed by atoms with Gasteiger partial charge < -0.3 is 4.74 Å². The second-order valence-electron chi connectivity index (χ2n) is 5.07. The van der Waals surface area contributed by atoms with Crippen molar-refractivity contribution in [3.8, 4) is 0 Å². The highest BCUT2D eigenvalue weighted by Gasteiger charge is 2.20. The molecule has 0 fully saturated rings. The van der Waals surface area contributed by atoms with Crippen molar-refractivity contribution in [1.29, 1.82) is 0 Å². The number of rotatable bonds is 1. The van der Waals surface area contributed by atoms with Crippen molar-refractivity contribution in [1.82, 2.24) is 0 Å².